The smallest absolute Gasteiger partial charge is 0.0733 e. The van der Waals surface area contributed by atoms with Gasteiger partial charge in [0.1, 0.15) is 0 Å². The topological polar surface area (TPSA) is 37.0 Å². The second kappa shape index (κ2) is 5.37. The molecule has 0 saturated heterocycles. The summed E-state index contributed by atoms with van der Waals surface area (Å²) in [5.74, 6) is 0. The molecule has 0 spiro atoms. The number of para-hydroxylation sites is 1. The van der Waals surface area contributed by atoms with Gasteiger partial charge in [-0.05, 0) is 18.2 Å². The number of hydrogen-bond donors (Lipinski definition) is 2. The Balaban J connectivity index is 2.03. The lowest BCUT2D eigenvalue weighted by Crippen LogP contribution is -2.03. The van der Waals surface area contributed by atoms with Gasteiger partial charge < -0.3 is 15.0 Å². The van der Waals surface area contributed by atoms with Crippen LogP contribution in [0.3, 0.4) is 0 Å². The Morgan fingerprint density at radius 3 is 2.81 bits per heavy atom. The molecule has 0 aliphatic carbocycles. The molecule has 0 radical (unpaired) electrons. The predicted molar refractivity (Wildman–Crippen MR) is 65.3 cm³/mol. The Morgan fingerprint density at radius 2 is 2.06 bits per heavy atom. The molecule has 0 amide bonds. The third-order valence-electron chi connectivity index (χ3n) is 2.45. The molecule has 84 valence electrons. The fourth-order valence-corrected chi connectivity index (χ4v) is 1.64. The average molecular weight is 216 g/mol. The number of aromatic nitrogens is 1. The zero-order chi connectivity index (χ0) is 11.2. The molecule has 0 bridgehead atoms. The Kier molecular flexibility index (Phi) is 3.62. The first-order chi connectivity index (χ1) is 7.90. The van der Waals surface area contributed by atoms with Crippen LogP contribution in [-0.4, -0.2) is 12.1 Å². The number of rotatable bonds is 5. The van der Waals surface area contributed by atoms with E-state index in [1.54, 1.807) is 7.11 Å². The van der Waals surface area contributed by atoms with Crippen molar-refractivity contribution in [3.8, 4) is 0 Å². The monoisotopic (exact) mass is 216 g/mol. The minimum Gasteiger partial charge on any atom is -0.380 e. The fourth-order valence-electron chi connectivity index (χ4n) is 1.64. The van der Waals surface area contributed by atoms with E-state index in [9.17, 15) is 0 Å². The van der Waals surface area contributed by atoms with E-state index in [0.29, 0.717) is 6.61 Å². The van der Waals surface area contributed by atoms with Crippen LogP contribution in [0.25, 0.3) is 0 Å². The molecule has 2 N–H and O–H groups in total. The summed E-state index contributed by atoms with van der Waals surface area (Å²) in [6, 6.07) is 12.2. The van der Waals surface area contributed by atoms with Crippen LogP contribution in [0.15, 0.2) is 42.6 Å². The van der Waals surface area contributed by atoms with Crippen molar-refractivity contribution in [3.05, 3.63) is 53.9 Å². The lowest BCUT2D eigenvalue weighted by Gasteiger charge is -2.10. The lowest BCUT2D eigenvalue weighted by atomic mass is 10.2. The van der Waals surface area contributed by atoms with Gasteiger partial charge in [0.25, 0.3) is 0 Å². The van der Waals surface area contributed by atoms with Crippen LogP contribution in [0.1, 0.15) is 11.3 Å². The second-order valence-electron chi connectivity index (χ2n) is 3.64. The van der Waals surface area contributed by atoms with E-state index in [0.717, 1.165) is 12.2 Å². The van der Waals surface area contributed by atoms with Gasteiger partial charge in [0, 0.05) is 30.3 Å². The normalized spacial score (nSPS) is 10.3. The summed E-state index contributed by atoms with van der Waals surface area (Å²) >= 11 is 0. The van der Waals surface area contributed by atoms with Crippen molar-refractivity contribution in [3.63, 3.8) is 0 Å². The Hall–Kier alpha value is -1.74. The minimum absolute atomic E-state index is 0.633. The van der Waals surface area contributed by atoms with Gasteiger partial charge in [-0.15, -0.1) is 0 Å². The van der Waals surface area contributed by atoms with E-state index in [1.807, 2.05) is 24.4 Å². The molecule has 0 unspecified atom stereocenters. The molecule has 2 aromatic rings. The lowest BCUT2D eigenvalue weighted by molar-refractivity contribution is 0.185. The maximum Gasteiger partial charge on any atom is 0.0733 e. The quantitative estimate of drug-likeness (QED) is 0.806. The van der Waals surface area contributed by atoms with Crippen LogP contribution in [0.4, 0.5) is 5.69 Å². The highest BCUT2D eigenvalue weighted by molar-refractivity contribution is 5.50. The standard InChI is InChI=1S/C13H16N2O/c1-16-10-11-5-2-3-7-13(11)15-9-12-6-4-8-14-12/h2-8,14-15H,9-10H2,1H3. The zero-order valence-electron chi connectivity index (χ0n) is 9.36. The number of anilines is 1. The van der Waals surface area contributed by atoms with Crippen molar-refractivity contribution in [2.45, 2.75) is 13.2 Å². The highest BCUT2D eigenvalue weighted by Gasteiger charge is 2.00. The molecule has 3 nitrogen and oxygen atoms in total. The molecular formula is C13H16N2O. The van der Waals surface area contributed by atoms with Gasteiger partial charge in [-0.1, -0.05) is 18.2 Å². The number of H-pyrrole nitrogens is 1. The first kappa shape index (κ1) is 10.8. The summed E-state index contributed by atoms with van der Waals surface area (Å²) in [6.45, 7) is 1.43. The van der Waals surface area contributed by atoms with Gasteiger partial charge in [0.15, 0.2) is 0 Å². The molecule has 0 atom stereocenters. The van der Waals surface area contributed by atoms with Crippen LogP contribution in [0, 0.1) is 0 Å². The van der Waals surface area contributed by atoms with Crippen molar-refractivity contribution in [1.29, 1.82) is 0 Å². The number of benzene rings is 1. The summed E-state index contributed by atoms with van der Waals surface area (Å²) in [4.78, 5) is 3.17. The molecule has 0 aliphatic heterocycles. The van der Waals surface area contributed by atoms with Crippen LogP contribution < -0.4 is 5.32 Å². The molecular weight excluding hydrogens is 200 g/mol. The molecule has 0 fully saturated rings. The van der Waals surface area contributed by atoms with Crippen LogP contribution >= 0.6 is 0 Å². The molecule has 1 aromatic carbocycles. The van der Waals surface area contributed by atoms with Gasteiger partial charge in [-0.2, -0.15) is 0 Å². The molecule has 3 heteroatoms. The number of ether oxygens (including phenoxy) is 1. The van der Waals surface area contributed by atoms with E-state index in [-0.39, 0.29) is 0 Å². The summed E-state index contributed by atoms with van der Waals surface area (Å²) in [5.41, 5.74) is 3.47. The molecule has 16 heavy (non-hydrogen) atoms. The zero-order valence-corrected chi connectivity index (χ0v) is 9.36. The van der Waals surface area contributed by atoms with E-state index in [4.69, 9.17) is 4.74 Å². The summed E-state index contributed by atoms with van der Waals surface area (Å²) in [7, 11) is 1.71. The van der Waals surface area contributed by atoms with Gasteiger partial charge >= 0.3 is 0 Å². The third kappa shape index (κ3) is 2.64. The Morgan fingerprint density at radius 1 is 1.19 bits per heavy atom. The predicted octanol–water partition coefficient (Wildman–Crippen LogP) is 2.77. The van der Waals surface area contributed by atoms with E-state index >= 15 is 0 Å². The summed E-state index contributed by atoms with van der Waals surface area (Å²) in [6.07, 6.45) is 1.93. The van der Waals surface area contributed by atoms with Gasteiger partial charge in [-0.3, -0.25) is 0 Å². The summed E-state index contributed by atoms with van der Waals surface area (Å²) in [5, 5.41) is 3.39. The van der Waals surface area contributed by atoms with Crippen molar-refractivity contribution in [1.82, 2.24) is 4.98 Å². The Labute approximate surface area is 95.5 Å². The number of aromatic amines is 1. The number of hydrogen-bond acceptors (Lipinski definition) is 2. The Bertz CT molecular complexity index is 423. The first-order valence-corrected chi connectivity index (χ1v) is 5.33. The van der Waals surface area contributed by atoms with E-state index in [1.165, 1.54) is 11.3 Å². The van der Waals surface area contributed by atoms with Crippen molar-refractivity contribution >= 4 is 5.69 Å². The highest BCUT2D eigenvalue weighted by atomic mass is 16.5. The van der Waals surface area contributed by atoms with Crippen molar-refractivity contribution in [2.75, 3.05) is 12.4 Å². The molecule has 0 aliphatic rings. The highest BCUT2D eigenvalue weighted by Crippen LogP contribution is 2.16. The van der Waals surface area contributed by atoms with Gasteiger partial charge in [0.2, 0.25) is 0 Å². The van der Waals surface area contributed by atoms with Crippen LogP contribution in [0.5, 0.6) is 0 Å². The first-order valence-electron chi connectivity index (χ1n) is 5.33. The van der Waals surface area contributed by atoms with Crippen LogP contribution in [0.2, 0.25) is 0 Å². The van der Waals surface area contributed by atoms with Crippen molar-refractivity contribution < 1.29 is 4.74 Å². The third-order valence-corrected chi connectivity index (χ3v) is 2.45. The van der Waals surface area contributed by atoms with Crippen LogP contribution in [-0.2, 0) is 17.9 Å². The molecule has 0 saturated carbocycles. The number of nitrogens with one attached hydrogen (secondary N) is 2. The average Bonchev–Trinajstić information content (AvgIpc) is 2.81. The SMILES string of the molecule is COCc1ccccc1NCc1ccc[nH]1. The summed E-state index contributed by atoms with van der Waals surface area (Å²) < 4.78 is 5.16. The molecule has 2 rings (SSSR count). The molecule has 1 heterocycles. The van der Waals surface area contributed by atoms with Crippen molar-refractivity contribution in [2.24, 2.45) is 0 Å². The molecule has 1 aromatic heterocycles. The van der Waals surface area contributed by atoms with E-state index < -0.39 is 0 Å². The minimum atomic E-state index is 0.633. The largest absolute Gasteiger partial charge is 0.380 e. The number of methoxy groups -OCH3 is 1. The maximum atomic E-state index is 5.16. The van der Waals surface area contributed by atoms with E-state index in [2.05, 4.69) is 28.5 Å². The maximum absolute atomic E-state index is 5.16. The van der Waals surface area contributed by atoms with Gasteiger partial charge in [0.05, 0.1) is 13.2 Å². The fraction of sp³-hybridized carbons (Fsp3) is 0.231. The second-order valence-corrected chi connectivity index (χ2v) is 3.64. The van der Waals surface area contributed by atoms with Gasteiger partial charge in [-0.25, -0.2) is 0 Å².